The molecule has 30 heavy (non-hydrogen) atoms. The molecule has 0 atom stereocenters. The van der Waals surface area contributed by atoms with Crippen LogP contribution in [0.4, 0.5) is 4.39 Å². The van der Waals surface area contributed by atoms with Crippen LogP contribution >= 0.6 is 0 Å². The van der Waals surface area contributed by atoms with Crippen LogP contribution < -0.4 is 9.47 Å². The van der Waals surface area contributed by atoms with E-state index < -0.39 is 0 Å². The maximum absolute atomic E-state index is 13.3. The van der Waals surface area contributed by atoms with Crippen LogP contribution in [0, 0.1) is 11.7 Å². The van der Waals surface area contributed by atoms with E-state index in [2.05, 4.69) is 4.90 Å². The van der Waals surface area contributed by atoms with E-state index in [0.717, 1.165) is 36.6 Å². The standard InChI is InChI=1S/C24H31FN2O3/c1-26(2)24(28)16-27(15-19-7-8-19)12-11-18-9-10-22(23(14-18)29-3)30-17-20-5-4-6-21(25)13-20/h4-6,9-10,13-14,19H,7-8,11-12,15-17H2,1-3H3. The van der Waals surface area contributed by atoms with E-state index in [-0.39, 0.29) is 18.3 Å². The number of carbonyl (C=O) groups is 1. The van der Waals surface area contributed by atoms with E-state index in [0.29, 0.717) is 18.0 Å². The van der Waals surface area contributed by atoms with Gasteiger partial charge in [-0.05, 0) is 60.6 Å². The maximum Gasteiger partial charge on any atom is 0.236 e. The first-order chi connectivity index (χ1) is 14.4. The van der Waals surface area contributed by atoms with Crippen molar-refractivity contribution in [3.63, 3.8) is 0 Å². The zero-order valence-corrected chi connectivity index (χ0v) is 18.1. The number of carbonyl (C=O) groups excluding carboxylic acids is 1. The number of methoxy groups -OCH3 is 1. The normalized spacial score (nSPS) is 13.4. The first-order valence-electron chi connectivity index (χ1n) is 10.4. The van der Waals surface area contributed by atoms with Gasteiger partial charge in [-0.25, -0.2) is 4.39 Å². The third-order valence-corrected chi connectivity index (χ3v) is 5.30. The lowest BCUT2D eigenvalue weighted by molar-refractivity contribution is -0.129. The zero-order chi connectivity index (χ0) is 21.5. The first-order valence-corrected chi connectivity index (χ1v) is 10.4. The second kappa shape index (κ2) is 10.4. The molecule has 1 aliphatic rings. The van der Waals surface area contributed by atoms with Gasteiger partial charge in [-0.2, -0.15) is 0 Å². The summed E-state index contributed by atoms with van der Waals surface area (Å²) in [5.74, 6) is 1.87. The summed E-state index contributed by atoms with van der Waals surface area (Å²) in [5, 5.41) is 0. The largest absolute Gasteiger partial charge is 0.493 e. The summed E-state index contributed by atoms with van der Waals surface area (Å²) < 4.78 is 24.7. The maximum atomic E-state index is 13.3. The minimum atomic E-state index is -0.276. The quantitative estimate of drug-likeness (QED) is 0.562. The van der Waals surface area contributed by atoms with Gasteiger partial charge in [0, 0.05) is 27.2 Å². The molecule has 0 bridgehead atoms. The van der Waals surface area contributed by atoms with Crippen molar-refractivity contribution in [3.05, 3.63) is 59.4 Å². The van der Waals surface area contributed by atoms with Gasteiger partial charge in [-0.3, -0.25) is 9.69 Å². The molecule has 0 heterocycles. The molecule has 0 unspecified atom stereocenters. The van der Waals surface area contributed by atoms with Crippen molar-refractivity contribution in [1.29, 1.82) is 0 Å². The summed E-state index contributed by atoms with van der Waals surface area (Å²) in [4.78, 5) is 16.0. The van der Waals surface area contributed by atoms with Crippen molar-refractivity contribution in [3.8, 4) is 11.5 Å². The molecule has 2 aromatic rings. The number of rotatable bonds is 11. The summed E-state index contributed by atoms with van der Waals surface area (Å²) in [5.41, 5.74) is 1.89. The Kier molecular flexibility index (Phi) is 7.69. The van der Waals surface area contributed by atoms with Gasteiger partial charge < -0.3 is 14.4 Å². The molecular weight excluding hydrogens is 383 g/mol. The number of amides is 1. The molecule has 1 aliphatic carbocycles. The van der Waals surface area contributed by atoms with Gasteiger partial charge >= 0.3 is 0 Å². The lowest BCUT2D eigenvalue weighted by Gasteiger charge is -2.23. The van der Waals surface area contributed by atoms with E-state index in [1.807, 2.05) is 24.3 Å². The highest BCUT2D eigenvalue weighted by atomic mass is 19.1. The van der Waals surface area contributed by atoms with Crippen LogP contribution in [-0.4, -0.2) is 56.5 Å². The molecule has 1 amide bonds. The third kappa shape index (κ3) is 6.73. The Labute approximate surface area is 178 Å². The number of ether oxygens (including phenoxy) is 2. The van der Waals surface area contributed by atoms with Crippen LogP contribution in [0.1, 0.15) is 24.0 Å². The molecule has 0 aliphatic heterocycles. The number of halogens is 1. The predicted octanol–water partition coefficient (Wildman–Crippen LogP) is 3.76. The summed E-state index contributed by atoms with van der Waals surface area (Å²) in [7, 11) is 5.21. The summed E-state index contributed by atoms with van der Waals surface area (Å²) in [6.07, 6.45) is 3.35. The van der Waals surface area contributed by atoms with Gasteiger partial charge in [0.25, 0.3) is 0 Å². The lowest BCUT2D eigenvalue weighted by Crippen LogP contribution is -2.38. The van der Waals surface area contributed by atoms with Crippen LogP contribution in [0.25, 0.3) is 0 Å². The number of hydrogen-bond acceptors (Lipinski definition) is 4. The monoisotopic (exact) mass is 414 g/mol. The molecular formula is C24H31FN2O3. The average Bonchev–Trinajstić information content (AvgIpc) is 3.54. The Hall–Kier alpha value is -2.60. The van der Waals surface area contributed by atoms with Crippen LogP contribution in [0.5, 0.6) is 11.5 Å². The molecule has 1 saturated carbocycles. The van der Waals surface area contributed by atoms with E-state index in [1.54, 1.807) is 32.2 Å². The van der Waals surface area contributed by atoms with Gasteiger partial charge in [-0.15, -0.1) is 0 Å². The molecule has 0 aromatic heterocycles. The van der Waals surface area contributed by atoms with Crippen molar-refractivity contribution >= 4 is 5.91 Å². The second-order valence-electron chi connectivity index (χ2n) is 8.12. The first kappa shape index (κ1) is 22.1. The van der Waals surface area contributed by atoms with Crippen molar-refractivity contribution in [2.24, 2.45) is 5.92 Å². The van der Waals surface area contributed by atoms with E-state index in [9.17, 15) is 9.18 Å². The predicted molar refractivity (Wildman–Crippen MR) is 115 cm³/mol. The van der Waals surface area contributed by atoms with Crippen LogP contribution in [0.15, 0.2) is 42.5 Å². The van der Waals surface area contributed by atoms with Crippen LogP contribution in [-0.2, 0) is 17.8 Å². The fourth-order valence-electron chi connectivity index (χ4n) is 3.29. The molecule has 0 saturated heterocycles. The van der Waals surface area contributed by atoms with Crippen molar-refractivity contribution in [2.75, 3.05) is 40.8 Å². The molecule has 6 heteroatoms. The number of likely N-dealkylation sites (N-methyl/N-ethyl adjacent to an activating group) is 1. The van der Waals surface area contributed by atoms with Gasteiger partial charge in [0.05, 0.1) is 13.7 Å². The van der Waals surface area contributed by atoms with E-state index in [4.69, 9.17) is 9.47 Å². The van der Waals surface area contributed by atoms with Gasteiger partial charge in [0.15, 0.2) is 11.5 Å². The Balaban J connectivity index is 1.59. The van der Waals surface area contributed by atoms with Crippen LogP contribution in [0.3, 0.4) is 0 Å². The highest BCUT2D eigenvalue weighted by molar-refractivity contribution is 5.77. The van der Waals surface area contributed by atoms with Gasteiger partial charge in [0.2, 0.25) is 5.91 Å². The number of benzene rings is 2. The lowest BCUT2D eigenvalue weighted by atomic mass is 10.1. The van der Waals surface area contributed by atoms with Gasteiger partial charge in [-0.1, -0.05) is 18.2 Å². The second-order valence-corrected chi connectivity index (χ2v) is 8.12. The summed E-state index contributed by atoms with van der Waals surface area (Å²) in [6.45, 7) is 2.53. The Morgan fingerprint density at radius 1 is 1.10 bits per heavy atom. The van der Waals surface area contributed by atoms with Crippen LogP contribution in [0.2, 0.25) is 0 Å². The highest BCUT2D eigenvalue weighted by Crippen LogP contribution is 2.31. The molecule has 162 valence electrons. The highest BCUT2D eigenvalue weighted by Gasteiger charge is 2.25. The Bertz CT molecular complexity index is 852. The fourth-order valence-corrected chi connectivity index (χ4v) is 3.29. The Morgan fingerprint density at radius 3 is 2.57 bits per heavy atom. The molecule has 5 nitrogen and oxygen atoms in total. The SMILES string of the molecule is COc1cc(CCN(CC(=O)N(C)C)CC2CC2)ccc1OCc1cccc(F)c1. The van der Waals surface area contributed by atoms with E-state index in [1.165, 1.54) is 25.0 Å². The van der Waals surface area contributed by atoms with E-state index >= 15 is 0 Å². The average molecular weight is 415 g/mol. The summed E-state index contributed by atoms with van der Waals surface area (Å²) in [6, 6.07) is 12.3. The topological polar surface area (TPSA) is 42.0 Å². The van der Waals surface area contributed by atoms with Crippen molar-refractivity contribution in [2.45, 2.75) is 25.9 Å². The Morgan fingerprint density at radius 2 is 1.90 bits per heavy atom. The third-order valence-electron chi connectivity index (χ3n) is 5.30. The minimum absolute atomic E-state index is 0.134. The zero-order valence-electron chi connectivity index (χ0n) is 18.1. The van der Waals surface area contributed by atoms with Crippen molar-refractivity contribution < 1.29 is 18.7 Å². The number of hydrogen-bond donors (Lipinski definition) is 0. The van der Waals surface area contributed by atoms with Crippen molar-refractivity contribution in [1.82, 2.24) is 9.80 Å². The van der Waals surface area contributed by atoms with Gasteiger partial charge in [0.1, 0.15) is 12.4 Å². The smallest absolute Gasteiger partial charge is 0.236 e. The molecule has 1 fully saturated rings. The fraction of sp³-hybridized carbons (Fsp3) is 0.458. The molecule has 0 radical (unpaired) electrons. The number of nitrogens with zero attached hydrogens (tertiary/aromatic N) is 2. The molecule has 0 N–H and O–H groups in total. The molecule has 3 rings (SSSR count). The molecule has 2 aromatic carbocycles. The minimum Gasteiger partial charge on any atom is -0.493 e. The molecule has 0 spiro atoms. The summed E-state index contributed by atoms with van der Waals surface area (Å²) >= 11 is 0.